The number of benzene rings is 2. The number of rotatable bonds is 8. The number of hydrogen-bond acceptors (Lipinski definition) is 11. The lowest BCUT2D eigenvalue weighted by Crippen LogP contribution is -2.57. The van der Waals surface area contributed by atoms with Crippen molar-refractivity contribution >= 4 is 33.8 Å². The molecule has 5 saturated heterocycles. The fourth-order valence-electron chi connectivity index (χ4n) is 9.25. The standard InChI is InChI=1S/C40H50FN7O6/c1-39(2,3)54-38(49)48-26-13-14-27(48)23-46(22-26)35-33-34(43-36(44-35)51-24-40-15-8-17-47(40)18-9-16-40)45(4)37(42-33)53-30-21-28(52-31-12-5-6-19-50-31)20-25-10-7-11-29(41)32(25)30/h7,10-11,20-21,26-27,31H,5-6,8-9,12-19,22-24H2,1-4H3. The van der Waals surface area contributed by atoms with Gasteiger partial charge in [-0.05, 0) is 103 Å². The molecule has 5 aliphatic rings. The van der Waals surface area contributed by atoms with Gasteiger partial charge in [0.15, 0.2) is 23.3 Å². The van der Waals surface area contributed by atoms with Crippen LogP contribution in [0.1, 0.15) is 78.6 Å². The summed E-state index contributed by atoms with van der Waals surface area (Å²) >= 11 is 0. The van der Waals surface area contributed by atoms with Gasteiger partial charge in [-0.25, -0.2) is 9.18 Å². The third-order valence-electron chi connectivity index (χ3n) is 11.8. The van der Waals surface area contributed by atoms with Crippen molar-refractivity contribution in [3.05, 3.63) is 36.1 Å². The zero-order valence-electron chi connectivity index (χ0n) is 31.7. The number of piperazine rings is 1. The highest BCUT2D eigenvalue weighted by Crippen LogP contribution is 2.42. The van der Waals surface area contributed by atoms with Crippen molar-refractivity contribution in [3.63, 3.8) is 0 Å². The van der Waals surface area contributed by atoms with Gasteiger partial charge in [-0.3, -0.25) is 14.4 Å². The van der Waals surface area contributed by atoms with Crippen molar-refractivity contribution in [2.75, 3.05) is 44.3 Å². The molecule has 2 aromatic carbocycles. The Morgan fingerprint density at radius 3 is 2.50 bits per heavy atom. The van der Waals surface area contributed by atoms with Crippen LogP contribution in [0, 0.1) is 5.82 Å². The van der Waals surface area contributed by atoms with Gasteiger partial charge in [0.1, 0.15) is 29.5 Å². The average molecular weight is 744 g/mol. The number of carbonyl (C=O) groups is 1. The molecule has 7 heterocycles. The molecule has 14 heteroatoms. The smallest absolute Gasteiger partial charge is 0.410 e. The van der Waals surface area contributed by atoms with Crippen LogP contribution in [0.5, 0.6) is 23.5 Å². The molecule has 5 fully saturated rings. The van der Waals surface area contributed by atoms with Gasteiger partial charge in [0, 0.05) is 32.6 Å². The fourth-order valence-corrected chi connectivity index (χ4v) is 9.25. The van der Waals surface area contributed by atoms with E-state index in [-0.39, 0.29) is 47.8 Å². The second kappa shape index (κ2) is 13.7. The fraction of sp³-hybridized carbons (Fsp3) is 0.600. The Morgan fingerprint density at radius 2 is 1.78 bits per heavy atom. The molecule has 0 N–H and O–H groups in total. The van der Waals surface area contributed by atoms with Crippen LogP contribution in [-0.4, -0.2) is 104 Å². The predicted octanol–water partition coefficient (Wildman–Crippen LogP) is 6.95. The Balaban J connectivity index is 1.08. The van der Waals surface area contributed by atoms with Crippen LogP contribution in [0.15, 0.2) is 30.3 Å². The summed E-state index contributed by atoms with van der Waals surface area (Å²) in [6, 6.07) is 8.86. The van der Waals surface area contributed by atoms with Crippen LogP contribution in [0.2, 0.25) is 0 Å². The summed E-state index contributed by atoms with van der Waals surface area (Å²) in [5.74, 6) is 1.00. The molecule has 3 unspecified atom stereocenters. The van der Waals surface area contributed by atoms with E-state index in [9.17, 15) is 4.79 Å². The highest BCUT2D eigenvalue weighted by Gasteiger charge is 2.47. The number of anilines is 1. The first-order chi connectivity index (χ1) is 26.0. The lowest BCUT2D eigenvalue weighted by Gasteiger charge is -2.41. The SMILES string of the molecule is Cn1c(Oc2cc(OC3CCCCO3)cc3cccc(F)c23)nc2c(N3CC4CCC(C3)N4C(=O)OC(C)(C)C)nc(OCC34CCCN3CCC4)nc21. The van der Waals surface area contributed by atoms with Gasteiger partial charge in [-0.15, -0.1) is 0 Å². The topological polar surface area (TPSA) is 117 Å². The Labute approximate surface area is 314 Å². The molecule has 0 saturated carbocycles. The first kappa shape index (κ1) is 35.3. The van der Waals surface area contributed by atoms with Crippen molar-refractivity contribution in [2.45, 2.75) is 108 Å². The molecule has 1 amide bonds. The van der Waals surface area contributed by atoms with Gasteiger partial charge in [0.2, 0.25) is 0 Å². The highest BCUT2D eigenvalue weighted by atomic mass is 19.1. The normalized spacial score (nSPS) is 24.0. The van der Waals surface area contributed by atoms with Crippen LogP contribution in [0.25, 0.3) is 21.9 Å². The predicted molar refractivity (Wildman–Crippen MR) is 200 cm³/mol. The van der Waals surface area contributed by atoms with Gasteiger partial charge < -0.3 is 28.6 Å². The molecule has 2 bridgehead atoms. The van der Waals surface area contributed by atoms with E-state index in [4.69, 9.17) is 38.6 Å². The van der Waals surface area contributed by atoms with Crippen LogP contribution < -0.4 is 19.1 Å². The monoisotopic (exact) mass is 743 g/mol. The van der Waals surface area contributed by atoms with Crippen molar-refractivity contribution in [1.82, 2.24) is 29.3 Å². The number of amides is 1. The van der Waals surface area contributed by atoms with Gasteiger partial charge in [0.05, 0.1) is 29.6 Å². The summed E-state index contributed by atoms with van der Waals surface area (Å²) in [5.41, 5.74) is 0.504. The Morgan fingerprint density at radius 1 is 1.00 bits per heavy atom. The minimum absolute atomic E-state index is 0.0121. The molecule has 3 atom stereocenters. The second-order valence-corrected chi connectivity index (χ2v) is 16.6. The molecular weight excluding hydrogens is 693 g/mol. The van der Waals surface area contributed by atoms with E-state index in [0.717, 1.165) is 70.9 Å². The van der Waals surface area contributed by atoms with Gasteiger partial charge >= 0.3 is 18.1 Å². The van der Waals surface area contributed by atoms with E-state index >= 15 is 4.39 Å². The van der Waals surface area contributed by atoms with E-state index in [1.807, 2.05) is 44.9 Å². The van der Waals surface area contributed by atoms with Crippen LogP contribution in [0.3, 0.4) is 0 Å². The molecule has 0 radical (unpaired) electrons. The van der Waals surface area contributed by atoms with Gasteiger partial charge in [-0.2, -0.15) is 15.0 Å². The van der Waals surface area contributed by atoms with Crippen LogP contribution in [0.4, 0.5) is 15.0 Å². The van der Waals surface area contributed by atoms with E-state index in [1.165, 1.54) is 6.07 Å². The van der Waals surface area contributed by atoms with Crippen molar-refractivity contribution < 1.29 is 32.9 Å². The number of halogens is 1. The zero-order chi connectivity index (χ0) is 37.2. The number of aromatic nitrogens is 4. The molecule has 4 aromatic rings. The van der Waals surface area contributed by atoms with E-state index in [1.54, 1.807) is 16.7 Å². The minimum Gasteiger partial charge on any atom is -0.465 e. The minimum atomic E-state index is -0.583. The molecule has 13 nitrogen and oxygen atoms in total. The summed E-state index contributed by atoms with van der Waals surface area (Å²) in [5, 5.41) is 0.961. The molecule has 2 aromatic heterocycles. The number of nitrogens with zero attached hydrogens (tertiary/aromatic N) is 7. The van der Waals surface area contributed by atoms with Crippen LogP contribution in [-0.2, 0) is 16.5 Å². The molecule has 5 aliphatic heterocycles. The number of carbonyl (C=O) groups excluding carboxylic acids is 1. The Kier molecular flexibility index (Phi) is 8.95. The maximum absolute atomic E-state index is 15.5. The highest BCUT2D eigenvalue weighted by molar-refractivity contribution is 5.91. The number of ether oxygens (including phenoxy) is 5. The summed E-state index contributed by atoms with van der Waals surface area (Å²) in [4.78, 5) is 34.9. The third kappa shape index (κ3) is 6.54. The number of aryl methyl sites for hydroxylation is 1. The maximum atomic E-state index is 15.5. The Hall–Kier alpha value is -4.43. The summed E-state index contributed by atoms with van der Waals surface area (Å²) in [6.45, 7) is 10.1. The lowest BCUT2D eigenvalue weighted by atomic mass is 9.95. The maximum Gasteiger partial charge on any atom is 0.410 e. The first-order valence-corrected chi connectivity index (χ1v) is 19.6. The molecule has 0 aliphatic carbocycles. The van der Waals surface area contributed by atoms with Crippen molar-refractivity contribution in [3.8, 4) is 23.5 Å². The average Bonchev–Trinajstić information content (AvgIpc) is 3.87. The number of hydrogen-bond donors (Lipinski definition) is 0. The Bertz CT molecular complexity index is 2040. The largest absolute Gasteiger partial charge is 0.465 e. The van der Waals surface area contributed by atoms with Gasteiger partial charge in [-0.1, -0.05) is 12.1 Å². The van der Waals surface area contributed by atoms with Crippen LogP contribution >= 0.6 is 0 Å². The molecule has 0 spiro atoms. The molecule has 9 rings (SSSR count). The third-order valence-corrected chi connectivity index (χ3v) is 11.8. The molecule has 54 heavy (non-hydrogen) atoms. The van der Waals surface area contributed by atoms with Gasteiger partial charge in [0.25, 0.3) is 0 Å². The lowest BCUT2D eigenvalue weighted by molar-refractivity contribution is -0.105. The summed E-state index contributed by atoms with van der Waals surface area (Å²) < 4.78 is 48.2. The van der Waals surface area contributed by atoms with E-state index in [2.05, 4.69) is 9.80 Å². The zero-order valence-corrected chi connectivity index (χ0v) is 31.7. The van der Waals surface area contributed by atoms with E-state index < -0.39 is 11.4 Å². The quantitative estimate of drug-likeness (QED) is 0.187. The first-order valence-electron chi connectivity index (χ1n) is 19.6. The number of fused-ring (bicyclic) bond motifs is 5. The second-order valence-electron chi connectivity index (χ2n) is 16.6. The van der Waals surface area contributed by atoms with Crippen molar-refractivity contribution in [1.29, 1.82) is 0 Å². The summed E-state index contributed by atoms with van der Waals surface area (Å²) in [7, 11) is 1.83. The summed E-state index contributed by atoms with van der Waals surface area (Å²) in [6.07, 6.45) is 8.40. The number of imidazole rings is 1. The molecule has 288 valence electrons. The van der Waals surface area contributed by atoms with Crippen molar-refractivity contribution in [2.24, 2.45) is 7.05 Å². The molecular formula is C40H50FN7O6. The van der Waals surface area contributed by atoms with E-state index in [0.29, 0.717) is 59.8 Å².